The molecule has 0 unspecified atom stereocenters. The van der Waals surface area contributed by atoms with Crippen LogP contribution in [0.25, 0.3) is 10.9 Å². The number of rotatable bonds is 2. The number of halogens is 1. The van der Waals surface area contributed by atoms with Gasteiger partial charge < -0.3 is 9.84 Å². The summed E-state index contributed by atoms with van der Waals surface area (Å²) in [4.78, 5) is 15.6. The molecule has 88 valence electrons. The molecule has 1 aromatic heterocycles. The van der Waals surface area contributed by atoms with E-state index in [0.29, 0.717) is 22.2 Å². The molecule has 2 aromatic rings. The predicted molar refractivity (Wildman–Crippen MR) is 67.1 cm³/mol. The summed E-state index contributed by atoms with van der Waals surface area (Å²) < 4.78 is 5.45. The van der Waals surface area contributed by atoms with Crippen molar-refractivity contribution >= 4 is 32.8 Å². The minimum Gasteiger partial charge on any atom is -0.507 e. The monoisotopic (exact) mass is 295 g/mol. The van der Waals surface area contributed by atoms with Crippen LogP contribution in [-0.2, 0) is 4.74 Å². The second-order valence-electron chi connectivity index (χ2n) is 3.44. The van der Waals surface area contributed by atoms with Gasteiger partial charge in [-0.15, -0.1) is 0 Å². The first-order valence-corrected chi connectivity index (χ1v) is 5.86. The Hall–Kier alpha value is -1.62. The molecule has 0 aliphatic heterocycles. The molecule has 0 bridgehead atoms. The lowest BCUT2D eigenvalue weighted by Gasteiger charge is -2.04. The van der Waals surface area contributed by atoms with Crippen LogP contribution in [0.5, 0.6) is 5.75 Å². The molecule has 0 atom stereocenters. The highest BCUT2D eigenvalue weighted by atomic mass is 79.9. The summed E-state index contributed by atoms with van der Waals surface area (Å²) in [6.07, 6.45) is 1.44. The molecule has 4 nitrogen and oxygen atoms in total. The molecule has 1 heterocycles. The first kappa shape index (κ1) is 11.9. The van der Waals surface area contributed by atoms with E-state index in [2.05, 4.69) is 20.9 Å². The molecule has 5 heteroatoms. The van der Waals surface area contributed by atoms with E-state index >= 15 is 0 Å². The average molecular weight is 296 g/mol. The number of hydrogen-bond donors (Lipinski definition) is 1. The molecular formula is C12H10BrNO3. The van der Waals surface area contributed by atoms with E-state index in [1.54, 1.807) is 19.1 Å². The van der Waals surface area contributed by atoms with Gasteiger partial charge in [0.1, 0.15) is 5.75 Å². The number of nitrogens with zero attached hydrogens (tertiary/aromatic N) is 1. The lowest BCUT2D eigenvalue weighted by atomic mass is 10.1. The molecule has 0 saturated carbocycles. The molecule has 0 fully saturated rings. The Morgan fingerprint density at radius 1 is 1.47 bits per heavy atom. The van der Waals surface area contributed by atoms with Gasteiger partial charge in [-0.3, -0.25) is 4.98 Å². The number of carbonyl (C=O) groups is 1. The maximum Gasteiger partial charge on any atom is 0.339 e. The van der Waals surface area contributed by atoms with E-state index in [0.717, 1.165) is 5.39 Å². The maximum absolute atomic E-state index is 11.5. The first-order valence-electron chi connectivity index (χ1n) is 5.07. The molecule has 2 rings (SSSR count). The van der Waals surface area contributed by atoms with Crippen LogP contribution in [0.4, 0.5) is 0 Å². The number of fused-ring (bicyclic) bond motifs is 1. The van der Waals surface area contributed by atoms with Crippen LogP contribution in [0.15, 0.2) is 28.9 Å². The smallest absolute Gasteiger partial charge is 0.339 e. The summed E-state index contributed by atoms with van der Waals surface area (Å²) in [5.41, 5.74) is 1.02. The average Bonchev–Trinajstić information content (AvgIpc) is 2.30. The number of aromatic nitrogens is 1. The van der Waals surface area contributed by atoms with E-state index in [-0.39, 0.29) is 5.75 Å². The zero-order chi connectivity index (χ0) is 12.4. The van der Waals surface area contributed by atoms with E-state index in [1.807, 2.05) is 0 Å². The summed E-state index contributed by atoms with van der Waals surface area (Å²) in [7, 11) is 0. The van der Waals surface area contributed by atoms with Crippen molar-refractivity contribution in [3.8, 4) is 5.75 Å². The Balaban J connectivity index is 2.50. The number of benzene rings is 1. The fourth-order valence-corrected chi connectivity index (χ4v) is 1.82. The van der Waals surface area contributed by atoms with Crippen molar-refractivity contribution in [2.75, 3.05) is 6.61 Å². The van der Waals surface area contributed by atoms with Gasteiger partial charge in [0.15, 0.2) is 0 Å². The van der Waals surface area contributed by atoms with Crippen molar-refractivity contribution in [3.63, 3.8) is 0 Å². The molecule has 0 aliphatic carbocycles. The molecule has 1 N–H and O–H groups in total. The number of ether oxygens (including phenoxy) is 1. The van der Waals surface area contributed by atoms with E-state index in [4.69, 9.17) is 4.74 Å². The van der Waals surface area contributed by atoms with Crippen molar-refractivity contribution < 1.29 is 14.6 Å². The number of aromatic hydroxyl groups is 1. The van der Waals surface area contributed by atoms with Gasteiger partial charge in [0.25, 0.3) is 0 Å². The van der Waals surface area contributed by atoms with Crippen molar-refractivity contribution in [1.29, 1.82) is 0 Å². The summed E-state index contributed by atoms with van der Waals surface area (Å²) in [5.74, 6) is -0.278. The van der Waals surface area contributed by atoms with Gasteiger partial charge in [0, 0.05) is 17.6 Å². The molecule has 17 heavy (non-hydrogen) atoms. The van der Waals surface area contributed by atoms with Crippen LogP contribution < -0.4 is 0 Å². The molecule has 0 aliphatic rings. The Bertz CT molecular complexity index is 583. The van der Waals surface area contributed by atoms with Crippen LogP contribution in [0.1, 0.15) is 17.3 Å². The fourth-order valence-electron chi connectivity index (χ4n) is 1.46. The molecule has 1 aromatic carbocycles. The number of pyridine rings is 1. The van der Waals surface area contributed by atoms with Crippen LogP contribution in [-0.4, -0.2) is 22.7 Å². The molecular weight excluding hydrogens is 286 g/mol. The molecule has 0 spiro atoms. The zero-order valence-corrected chi connectivity index (χ0v) is 10.7. The van der Waals surface area contributed by atoms with Gasteiger partial charge in [-0.25, -0.2) is 4.79 Å². The van der Waals surface area contributed by atoms with Crippen LogP contribution in [0, 0.1) is 0 Å². The van der Waals surface area contributed by atoms with Gasteiger partial charge in [0.05, 0.1) is 22.2 Å². The fraction of sp³-hybridized carbons (Fsp3) is 0.167. The summed E-state index contributed by atoms with van der Waals surface area (Å²) in [6, 6.07) is 4.93. The lowest BCUT2D eigenvalue weighted by molar-refractivity contribution is 0.0526. The van der Waals surface area contributed by atoms with Gasteiger partial charge in [-0.1, -0.05) is 0 Å². The summed E-state index contributed by atoms with van der Waals surface area (Å²) in [6.45, 7) is 2.08. The van der Waals surface area contributed by atoms with Crippen LogP contribution in [0.3, 0.4) is 0 Å². The molecule has 0 amide bonds. The lowest BCUT2D eigenvalue weighted by Crippen LogP contribution is -2.04. The number of phenolic OH excluding ortho intramolecular Hbond substituents is 1. The number of phenols is 1. The third kappa shape index (κ3) is 2.39. The van der Waals surface area contributed by atoms with Crippen molar-refractivity contribution in [3.05, 3.63) is 34.4 Å². The second-order valence-corrected chi connectivity index (χ2v) is 4.30. The Morgan fingerprint density at radius 3 is 2.94 bits per heavy atom. The van der Waals surface area contributed by atoms with Crippen molar-refractivity contribution in [2.45, 2.75) is 6.92 Å². The number of esters is 1. The largest absolute Gasteiger partial charge is 0.507 e. The van der Waals surface area contributed by atoms with Crippen molar-refractivity contribution in [2.24, 2.45) is 0 Å². The van der Waals surface area contributed by atoms with E-state index in [9.17, 15) is 9.90 Å². The standard InChI is InChI=1S/C12H10BrNO3/c1-2-17-12(16)8-3-7-4-9(13)11(15)5-10(7)14-6-8/h3-6,15H,2H2,1H3. The molecule has 0 radical (unpaired) electrons. The minimum absolute atomic E-state index is 0.119. The van der Waals surface area contributed by atoms with Gasteiger partial charge in [0.2, 0.25) is 0 Å². The first-order chi connectivity index (χ1) is 8.11. The highest BCUT2D eigenvalue weighted by Crippen LogP contribution is 2.28. The third-order valence-corrected chi connectivity index (χ3v) is 2.90. The number of carbonyl (C=O) groups excluding carboxylic acids is 1. The normalized spacial score (nSPS) is 10.5. The van der Waals surface area contributed by atoms with Gasteiger partial charge >= 0.3 is 5.97 Å². The van der Waals surface area contributed by atoms with E-state index < -0.39 is 5.97 Å². The Morgan fingerprint density at radius 2 is 2.24 bits per heavy atom. The topological polar surface area (TPSA) is 59.4 Å². The van der Waals surface area contributed by atoms with Gasteiger partial charge in [-0.05, 0) is 35.0 Å². The quantitative estimate of drug-likeness (QED) is 0.866. The van der Waals surface area contributed by atoms with E-state index in [1.165, 1.54) is 12.3 Å². The van der Waals surface area contributed by atoms with Crippen LogP contribution in [0.2, 0.25) is 0 Å². The Labute approximate surface area is 106 Å². The summed E-state index contributed by atoms with van der Waals surface area (Å²) in [5, 5.41) is 10.3. The van der Waals surface area contributed by atoms with Crippen LogP contribution >= 0.6 is 15.9 Å². The third-order valence-electron chi connectivity index (χ3n) is 2.26. The molecule has 0 saturated heterocycles. The number of hydrogen-bond acceptors (Lipinski definition) is 4. The van der Waals surface area contributed by atoms with Gasteiger partial charge in [-0.2, -0.15) is 0 Å². The second kappa shape index (κ2) is 4.71. The zero-order valence-electron chi connectivity index (χ0n) is 9.11. The highest BCUT2D eigenvalue weighted by molar-refractivity contribution is 9.10. The summed E-state index contributed by atoms with van der Waals surface area (Å²) >= 11 is 3.21. The van der Waals surface area contributed by atoms with Crippen molar-refractivity contribution in [1.82, 2.24) is 4.98 Å². The predicted octanol–water partition coefficient (Wildman–Crippen LogP) is 2.88. The maximum atomic E-state index is 11.5. The highest BCUT2D eigenvalue weighted by Gasteiger charge is 2.09. The SMILES string of the molecule is CCOC(=O)c1cnc2cc(O)c(Br)cc2c1. The Kier molecular flexibility index (Phi) is 3.28. The minimum atomic E-state index is -0.397.